The van der Waals surface area contributed by atoms with Gasteiger partial charge in [0.25, 0.3) is 5.91 Å². The number of carbonyl (C=O) groups is 1. The molecule has 0 saturated carbocycles. The molecule has 0 fully saturated rings. The van der Waals surface area contributed by atoms with Gasteiger partial charge in [-0.25, -0.2) is 0 Å². The highest BCUT2D eigenvalue weighted by Crippen LogP contribution is 2.22. The standard InChI is InChI=1S/C12H13BrN2OS/c1-8-3-4-10(15(8)2)12(16)14-7-11-9(13)5-6-17-11/h3-6H,7H2,1-2H3,(H,14,16). The lowest BCUT2D eigenvalue weighted by Gasteiger charge is -2.06. The Bertz CT molecular complexity index is 544. The number of nitrogens with zero attached hydrogens (tertiary/aromatic N) is 1. The fourth-order valence-electron chi connectivity index (χ4n) is 1.54. The largest absolute Gasteiger partial charge is 0.346 e. The first-order valence-corrected chi connectivity index (χ1v) is 6.89. The zero-order chi connectivity index (χ0) is 12.4. The molecule has 3 nitrogen and oxygen atoms in total. The van der Waals surface area contributed by atoms with E-state index in [1.807, 2.05) is 42.1 Å². The van der Waals surface area contributed by atoms with Crippen LogP contribution in [0.3, 0.4) is 0 Å². The second-order valence-corrected chi connectivity index (χ2v) is 5.65. The fourth-order valence-corrected chi connectivity index (χ4v) is 2.98. The number of aromatic nitrogens is 1. The first-order chi connectivity index (χ1) is 8.09. The van der Waals surface area contributed by atoms with Crippen molar-refractivity contribution in [2.45, 2.75) is 13.5 Å². The van der Waals surface area contributed by atoms with Crippen LogP contribution >= 0.6 is 27.3 Å². The third-order valence-electron chi connectivity index (χ3n) is 2.71. The summed E-state index contributed by atoms with van der Waals surface area (Å²) in [4.78, 5) is 13.1. The highest BCUT2D eigenvalue weighted by molar-refractivity contribution is 9.10. The quantitative estimate of drug-likeness (QED) is 0.928. The molecule has 0 aliphatic rings. The number of aryl methyl sites for hydroxylation is 1. The van der Waals surface area contributed by atoms with Crippen molar-refractivity contribution < 1.29 is 4.79 Å². The molecule has 0 aliphatic carbocycles. The van der Waals surface area contributed by atoms with E-state index >= 15 is 0 Å². The summed E-state index contributed by atoms with van der Waals surface area (Å²) >= 11 is 5.07. The number of amides is 1. The smallest absolute Gasteiger partial charge is 0.268 e. The predicted octanol–water partition coefficient (Wildman–Crippen LogP) is 3.09. The van der Waals surface area contributed by atoms with Crippen molar-refractivity contribution in [3.05, 3.63) is 44.3 Å². The van der Waals surface area contributed by atoms with Crippen LogP contribution in [0.2, 0.25) is 0 Å². The summed E-state index contributed by atoms with van der Waals surface area (Å²) in [5.74, 6) is -0.0408. The van der Waals surface area contributed by atoms with E-state index in [2.05, 4.69) is 21.2 Å². The summed E-state index contributed by atoms with van der Waals surface area (Å²) in [5, 5.41) is 4.92. The first kappa shape index (κ1) is 12.4. The molecular weight excluding hydrogens is 300 g/mol. The normalized spacial score (nSPS) is 10.5. The molecule has 1 amide bonds. The van der Waals surface area contributed by atoms with Gasteiger partial charge in [-0.3, -0.25) is 4.79 Å². The summed E-state index contributed by atoms with van der Waals surface area (Å²) < 4.78 is 2.93. The molecular formula is C12H13BrN2OS. The summed E-state index contributed by atoms with van der Waals surface area (Å²) in [6, 6.07) is 5.77. The molecule has 1 N–H and O–H groups in total. The van der Waals surface area contributed by atoms with E-state index in [1.54, 1.807) is 11.3 Å². The van der Waals surface area contributed by atoms with Crippen molar-refractivity contribution in [1.29, 1.82) is 0 Å². The minimum atomic E-state index is -0.0408. The molecule has 5 heteroatoms. The lowest BCUT2D eigenvalue weighted by molar-refractivity contribution is 0.0943. The molecule has 2 heterocycles. The van der Waals surface area contributed by atoms with Crippen molar-refractivity contribution >= 4 is 33.2 Å². The van der Waals surface area contributed by atoms with Crippen LogP contribution in [0.25, 0.3) is 0 Å². The van der Waals surface area contributed by atoms with Gasteiger partial charge in [0.15, 0.2) is 0 Å². The summed E-state index contributed by atoms with van der Waals surface area (Å²) in [7, 11) is 1.89. The second-order valence-electron chi connectivity index (χ2n) is 3.79. The minimum absolute atomic E-state index is 0.0408. The number of halogens is 1. The Balaban J connectivity index is 2.03. The van der Waals surface area contributed by atoms with Gasteiger partial charge in [0, 0.05) is 22.1 Å². The van der Waals surface area contributed by atoms with Gasteiger partial charge in [0.05, 0.1) is 6.54 Å². The van der Waals surface area contributed by atoms with E-state index in [-0.39, 0.29) is 5.91 Å². The highest BCUT2D eigenvalue weighted by Gasteiger charge is 2.11. The number of rotatable bonds is 3. The summed E-state index contributed by atoms with van der Waals surface area (Å²) in [5.41, 5.74) is 1.77. The highest BCUT2D eigenvalue weighted by atomic mass is 79.9. The Kier molecular flexibility index (Phi) is 3.69. The van der Waals surface area contributed by atoms with Gasteiger partial charge in [-0.2, -0.15) is 0 Å². The average molecular weight is 313 g/mol. The van der Waals surface area contributed by atoms with Gasteiger partial charge in [-0.05, 0) is 46.4 Å². The molecule has 90 valence electrons. The first-order valence-electron chi connectivity index (χ1n) is 5.22. The Labute approximate surface area is 113 Å². The van der Waals surface area contributed by atoms with Crippen molar-refractivity contribution in [3.63, 3.8) is 0 Å². The maximum Gasteiger partial charge on any atom is 0.268 e. The molecule has 0 unspecified atom stereocenters. The molecule has 0 radical (unpaired) electrons. The Hall–Kier alpha value is -1.07. The Morgan fingerprint density at radius 3 is 2.76 bits per heavy atom. The predicted molar refractivity (Wildman–Crippen MR) is 73.3 cm³/mol. The van der Waals surface area contributed by atoms with Crippen LogP contribution in [0.4, 0.5) is 0 Å². The topological polar surface area (TPSA) is 34.0 Å². The Morgan fingerprint density at radius 2 is 2.24 bits per heavy atom. The van der Waals surface area contributed by atoms with Gasteiger partial charge in [0.1, 0.15) is 5.69 Å². The van der Waals surface area contributed by atoms with Crippen molar-refractivity contribution in [2.75, 3.05) is 0 Å². The average Bonchev–Trinajstić information content (AvgIpc) is 2.84. The maximum absolute atomic E-state index is 11.9. The molecule has 0 atom stereocenters. The molecule has 2 rings (SSSR count). The SMILES string of the molecule is Cc1ccc(C(=O)NCc2sccc2Br)n1C. The van der Waals surface area contributed by atoms with Crippen molar-refractivity contribution in [3.8, 4) is 0 Å². The fraction of sp³-hybridized carbons (Fsp3) is 0.250. The van der Waals surface area contributed by atoms with Gasteiger partial charge >= 0.3 is 0 Å². The molecule has 0 spiro atoms. The lowest BCUT2D eigenvalue weighted by Crippen LogP contribution is -2.24. The van der Waals surface area contributed by atoms with E-state index in [0.717, 1.165) is 15.0 Å². The van der Waals surface area contributed by atoms with E-state index in [0.29, 0.717) is 12.2 Å². The van der Waals surface area contributed by atoms with Gasteiger partial charge in [-0.1, -0.05) is 0 Å². The van der Waals surface area contributed by atoms with E-state index in [9.17, 15) is 4.79 Å². The van der Waals surface area contributed by atoms with Crippen molar-refractivity contribution in [2.24, 2.45) is 7.05 Å². The van der Waals surface area contributed by atoms with Gasteiger partial charge in [0.2, 0.25) is 0 Å². The third kappa shape index (κ3) is 2.61. The maximum atomic E-state index is 11.9. The second kappa shape index (κ2) is 5.06. The van der Waals surface area contributed by atoms with Gasteiger partial charge in [-0.15, -0.1) is 11.3 Å². The molecule has 0 bridgehead atoms. The van der Waals surface area contributed by atoms with E-state index < -0.39 is 0 Å². The summed E-state index contributed by atoms with van der Waals surface area (Å²) in [6.07, 6.45) is 0. The zero-order valence-corrected chi connectivity index (χ0v) is 12.1. The molecule has 2 aromatic heterocycles. The van der Waals surface area contributed by atoms with Crippen LogP contribution in [0.15, 0.2) is 28.1 Å². The molecule has 0 saturated heterocycles. The number of carbonyl (C=O) groups excluding carboxylic acids is 1. The van der Waals surface area contributed by atoms with Crippen LogP contribution in [0.1, 0.15) is 21.1 Å². The minimum Gasteiger partial charge on any atom is -0.346 e. The molecule has 17 heavy (non-hydrogen) atoms. The van der Waals surface area contributed by atoms with Crippen LogP contribution in [-0.2, 0) is 13.6 Å². The zero-order valence-electron chi connectivity index (χ0n) is 9.66. The molecule has 0 aromatic carbocycles. The van der Waals surface area contributed by atoms with Crippen LogP contribution in [-0.4, -0.2) is 10.5 Å². The van der Waals surface area contributed by atoms with E-state index in [4.69, 9.17) is 0 Å². The number of hydrogen-bond acceptors (Lipinski definition) is 2. The van der Waals surface area contributed by atoms with Crippen LogP contribution < -0.4 is 5.32 Å². The van der Waals surface area contributed by atoms with Crippen LogP contribution in [0, 0.1) is 6.92 Å². The van der Waals surface area contributed by atoms with Crippen molar-refractivity contribution in [1.82, 2.24) is 9.88 Å². The Morgan fingerprint density at radius 1 is 1.47 bits per heavy atom. The van der Waals surface area contributed by atoms with Gasteiger partial charge < -0.3 is 9.88 Å². The third-order valence-corrected chi connectivity index (χ3v) is 4.63. The number of thiophene rings is 1. The monoisotopic (exact) mass is 312 g/mol. The summed E-state index contributed by atoms with van der Waals surface area (Å²) in [6.45, 7) is 2.54. The number of hydrogen-bond donors (Lipinski definition) is 1. The van der Waals surface area contributed by atoms with Crippen LogP contribution in [0.5, 0.6) is 0 Å². The number of nitrogens with one attached hydrogen (secondary N) is 1. The molecule has 0 aliphatic heterocycles. The van der Waals surface area contributed by atoms with E-state index in [1.165, 1.54) is 0 Å². The molecule has 2 aromatic rings. The lowest BCUT2D eigenvalue weighted by atomic mass is 10.4.